The van der Waals surface area contributed by atoms with E-state index in [1.54, 1.807) is 30.3 Å². The van der Waals surface area contributed by atoms with Crippen LogP contribution in [0.1, 0.15) is 16.7 Å². The lowest BCUT2D eigenvalue weighted by Gasteiger charge is -2.12. The van der Waals surface area contributed by atoms with E-state index < -0.39 is 10.0 Å². The first-order valence-electron chi connectivity index (χ1n) is 8.24. The molecule has 0 radical (unpaired) electrons. The number of aryl methyl sites for hydroxylation is 2. The number of aromatic nitrogens is 1. The van der Waals surface area contributed by atoms with E-state index in [0.29, 0.717) is 11.5 Å². The van der Waals surface area contributed by atoms with Gasteiger partial charge in [0.1, 0.15) is 5.82 Å². The van der Waals surface area contributed by atoms with Crippen LogP contribution in [0.3, 0.4) is 0 Å². The van der Waals surface area contributed by atoms with E-state index in [0.717, 1.165) is 16.8 Å². The molecule has 0 bridgehead atoms. The highest BCUT2D eigenvalue weighted by Gasteiger charge is 2.14. The Morgan fingerprint density at radius 3 is 2.38 bits per heavy atom. The fraction of sp³-hybridized carbons (Fsp3) is 0.150. The molecule has 1 heterocycles. The first-order chi connectivity index (χ1) is 12.3. The van der Waals surface area contributed by atoms with Crippen molar-refractivity contribution in [3.05, 3.63) is 77.5 Å². The summed E-state index contributed by atoms with van der Waals surface area (Å²) in [5.74, 6) is 0.650. The molecule has 0 atom stereocenters. The van der Waals surface area contributed by atoms with E-state index in [1.165, 1.54) is 11.8 Å². The van der Waals surface area contributed by atoms with Gasteiger partial charge >= 0.3 is 0 Å². The Balaban J connectivity index is 1.76. The Morgan fingerprint density at radius 1 is 0.923 bits per heavy atom. The Labute approximate surface area is 154 Å². The monoisotopic (exact) mass is 367 g/mol. The summed E-state index contributed by atoms with van der Waals surface area (Å²) in [6, 6.07) is 16.2. The van der Waals surface area contributed by atoms with E-state index in [1.807, 2.05) is 32.0 Å². The van der Waals surface area contributed by atoms with Crippen LogP contribution in [-0.4, -0.2) is 13.4 Å². The highest BCUT2D eigenvalue weighted by Crippen LogP contribution is 2.23. The molecule has 0 saturated heterocycles. The minimum Gasteiger partial charge on any atom is -0.340 e. The molecule has 2 N–H and O–H groups in total. The van der Waals surface area contributed by atoms with Crippen LogP contribution in [0.5, 0.6) is 0 Å². The molecule has 134 valence electrons. The molecule has 6 heteroatoms. The van der Waals surface area contributed by atoms with Gasteiger partial charge in [0.15, 0.2) is 0 Å². The van der Waals surface area contributed by atoms with E-state index in [2.05, 4.69) is 28.0 Å². The third-order valence-electron chi connectivity index (χ3n) is 4.18. The van der Waals surface area contributed by atoms with Crippen molar-refractivity contribution >= 4 is 27.2 Å². The predicted octanol–water partition coefficient (Wildman–Crippen LogP) is 4.55. The Kier molecular flexibility index (Phi) is 4.95. The van der Waals surface area contributed by atoms with Crippen molar-refractivity contribution in [3.63, 3.8) is 0 Å². The molecule has 26 heavy (non-hydrogen) atoms. The van der Waals surface area contributed by atoms with Gasteiger partial charge in [0, 0.05) is 5.69 Å². The van der Waals surface area contributed by atoms with Gasteiger partial charge < -0.3 is 5.32 Å². The fourth-order valence-corrected chi connectivity index (χ4v) is 3.70. The Morgan fingerprint density at radius 2 is 1.69 bits per heavy atom. The lowest BCUT2D eigenvalue weighted by molar-refractivity contribution is 0.601. The fourth-order valence-electron chi connectivity index (χ4n) is 2.55. The van der Waals surface area contributed by atoms with Crippen molar-refractivity contribution in [1.82, 2.24) is 4.98 Å². The number of anilines is 3. The summed E-state index contributed by atoms with van der Waals surface area (Å²) < 4.78 is 27.5. The summed E-state index contributed by atoms with van der Waals surface area (Å²) in [5, 5.41) is 3.25. The summed E-state index contributed by atoms with van der Waals surface area (Å²) in [6.07, 6.45) is 1.50. The third kappa shape index (κ3) is 4.03. The van der Waals surface area contributed by atoms with Gasteiger partial charge in [-0.1, -0.05) is 24.3 Å². The lowest BCUT2D eigenvalue weighted by Crippen LogP contribution is -2.13. The average Bonchev–Trinajstić information content (AvgIpc) is 2.60. The second-order valence-electron chi connectivity index (χ2n) is 6.23. The maximum atomic E-state index is 12.5. The highest BCUT2D eigenvalue weighted by molar-refractivity contribution is 7.92. The van der Waals surface area contributed by atoms with Crippen LogP contribution < -0.4 is 10.0 Å². The molecule has 3 rings (SSSR count). The van der Waals surface area contributed by atoms with E-state index >= 15 is 0 Å². The number of sulfonamides is 1. The summed E-state index contributed by atoms with van der Waals surface area (Å²) in [6.45, 7) is 5.95. The van der Waals surface area contributed by atoms with Crippen molar-refractivity contribution in [2.24, 2.45) is 0 Å². The first-order valence-corrected chi connectivity index (χ1v) is 9.72. The van der Waals surface area contributed by atoms with Crippen molar-refractivity contribution < 1.29 is 8.42 Å². The predicted molar refractivity (Wildman–Crippen MR) is 105 cm³/mol. The number of benzene rings is 2. The van der Waals surface area contributed by atoms with Crippen LogP contribution >= 0.6 is 0 Å². The zero-order valence-electron chi connectivity index (χ0n) is 14.9. The van der Waals surface area contributed by atoms with Gasteiger partial charge in [-0.2, -0.15) is 0 Å². The van der Waals surface area contributed by atoms with Crippen LogP contribution in [0.4, 0.5) is 17.2 Å². The van der Waals surface area contributed by atoms with Gasteiger partial charge in [0.25, 0.3) is 10.0 Å². The van der Waals surface area contributed by atoms with Gasteiger partial charge in [-0.3, -0.25) is 4.72 Å². The van der Waals surface area contributed by atoms with Crippen LogP contribution in [0.15, 0.2) is 65.7 Å². The SMILES string of the molecule is Cc1cccc(S(=O)(=O)Nc2ccc(Nc3cccc(C)c3C)nc2)c1. The molecule has 0 aliphatic heterocycles. The molecule has 2 aromatic carbocycles. The molecule has 0 unspecified atom stereocenters. The molecule has 0 amide bonds. The number of pyridine rings is 1. The standard InChI is InChI=1S/C20H21N3O2S/c1-14-6-4-8-18(12-14)26(24,25)23-17-10-11-20(21-13-17)22-19-9-5-7-15(2)16(19)3/h4-13,23H,1-3H3,(H,21,22). The lowest BCUT2D eigenvalue weighted by atomic mass is 10.1. The molecule has 1 aromatic heterocycles. The molecule has 0 aliphatic carbocycles. The number of nitrogens with one attached hydrogen (secondary N) is 2. The van der Waals surface area contributed by atoms with Crippen molar-refractivity contribution in [2.75, 3.05) is 10.0 Å². The second kappa shape index (κ2) is 7.17. The zero-order chi connectivity index (χ0) is 18.7. The average molecular weight is 367 g/mol. The quantitative estimate of drug-likeness (QED) is 0.694. The molecule has 0 spiro atoms. The number of hydrogen-bond acceptors (Lipinski definition) is 4. The largest absolute Gasteiger partial charge is 0.340 e. The molecular weight excluding hydrogens is 346 g/mol. The van der Waals surface area contributed by atoms with Gasteiger partial charge in [-0.05, 0) is 67.8 Å². The zero-order valence-corrected chi connectivity index (χ0v) is 15.8. The van der Waals surface area contributed by atoms with Gasteiger partial charge in [-0.25, -0.2) is 13.4 Å². The van der Waals surface area contributed by atoms with E-state index in [-0.39, 0.29) is 4.90 Å². The highest BCUT2D eigenvalue weighted by atomic mass is 32.2. The topological polar surface area (TPSA) is 71.1 Å². The van der Waals surface area contributed by atoms with Crippen LogP contribution in [0.2, 0.25) is 0 Å². The minimum atomic E-state index is -3.63. The second-order valence-corrected chi connectivity index (χ2v) is 7.91. The number of rotatable bonds is 5. The summed E-state index contributed by atoms with van der Waals surface area (Å²) in [4.78, 5) is 4.53. The van der Waals surface area contributed by atoms with Crippen molar-refractivity contribution in [3.8, 4) is 0 Å². The van der Waals surface area contributed by atoms with Crippen molar-refractivity contribution in [1.29, 1.82) is 0 Å². The molecular formula is C20H21N3O2S. The molecule has 0 aliphatic rings. The molecule has 5 nitrogen and oxygen atoms in total. The Hall–Kier alpha value is -2.86. The summed E-state index contributed by atoms with van der Waals surface area (Å²) in [7, 11) is -3.63. The van der Waals surface area contributed by atoms with Gasteiger partial charge in [0.05, 0.1) is 16.8 Å². The maximum absolute atomic E-state index is 12.5. The molecule has 3 aromatic rings. The third-order valence-corrected chi connectivity index (χ3v) is 5.56. The molecule has 0 fully saturated rings. The van der Waals surface area contributed by atoms with Crippen molar-refractivity contribution in [2.45, 2.75) is 25.7 Å². The van der Waals surface area contributed by atoms with Gasteiger partial charge in [0.2, 0.25) is 0 Å². The van der Waals surface area contributed by atoms with Gasteiger partial charge in [-0.15, -0.1) is 0 Å². The van der Waals surface area contributed by atoms with E-state index in [4.69, 9.17) is 0 Å². The minimum absolute atomic E-state index is 0.232. The summed E-state index contributed by atoms with van der Waals surface area (Å²) >= 11 is 0. The van der Waals surface area contributed by atoms with Crippen LogP contribution in [0.25, 0.3) is 0 Å². The van der Waals surface area contributed by atoms with Crippen LogP contribution in [-0.2, 0) is 10.0 Å². The van der Waals surface area contributed by atoms with E-state index in [9.17, 15) is 8.42 Å². The number of hydrogen-bond donors (Lipinski definition) is 2. The summed E-state index contributed by atoms with van der Waals surface area (Å²) in [5.41, 5.74) is 4.62. The molecule has 0 saturated carbocycles. The van der Waals surface area contributed by atoms with Crippen LogP contribution in [0, 0.1) is 20.8 Å². The Bertz CT molecular complexity index is 1030. The first kappa shape index (κ1) is 17.9. The smallest absolute Gasteiger partial charge is 0.261 e. The number of nitrogens with zero attached hydrogens (tertiary/aromatic N) is 1. The normalized spacial score (nSPS) is 11.2. The maximum Gasteiger partial charge on any atom is 0.261 e.